The van der Waals surface area contributed by atoms with Gasteiger partial charge < -0.3 is 4.74 Å². The molecule has 0 amide bonds. The first-order valence-corrected chi connectivity index (χ1v) is 5.32. The monoisotopic (exact) mass is 199 g/mol. The van der Waals surface area contributed by atoms with Crippen molar-refractivity contribution in [3.63, 3.8) is 0 Å². The predicted octanol–water partition coefficient (Wildman–Crippen LogP) is 3.31. The summed E-state index contributed by atoms with van der Waals surface area (Å²) in [7, 11) is 0. The summed E-state index contributed by atoms with van der Waals surface area (Å²) in [4.78, 5) is 4.34. The zero-order chi connectivity index (χ0) is 11.2. The van der Waals surface area contributed by atoms with Crippen molar-refractivity contribution in [2.24, 2.45) is 10.4 Å². The van der Waals surface area contributed by atoms with Crippen molar-refractivity contribution in [1.82, 2.24) is 0 Å². The van der Waals surface area contributed by atoms with E-state index in [9.17, 15) is 0 Å². The second-order valence-corrected chi connectivity index (χ2v) is 5.87. The van der Waals surface area contributed by atoms with Gasteiger partial charge >= 0.3 is 0 Å². The smallest absolute Gasteiger partial charge is 0.0814 e. The average molecular weight is 199 g/mol. The maximum atomic E-state index is 5.46. The van der Waals surface area contributed by atoms with Crippen molar-refractivity contribution in [1.29, 1.82) is 0 Å². The summed E-state index contributed by atoms with van der Waals surface area (Å²) >= 11 is 0. The predicted molar refractivity (Wildman–Crippen MR) is 63.1 cm³/mol. The van der Waals surface area contributed by atoms with E-state index < -0.39 is 0 Å². The topological polar surface area (TPSA) is 21.6 Å². The molecule has 0 N–H and O–H groups in total. The zero-order valence-electron chi connectivity index (χ0n) is 10.6. The SMILES string of the molecule is CC(C)(C)CCOCC=NC(C)(C)C. The Kier molecular flexibility index (Phi) is 5.35. The highest BCUT2D eigenvalue weighted by atomic mass is 16.5. The molecule has 0 aliphatic rings. The van der Waals surface area contributed by atoms with E-state index in [4.69, 9.17) is 4.74 Å². The quantitative estimate of drug-likeness (QED) is 0.503. The molecule has 0 saturated carbocycles. The van der Waals surface area contributed by atoms with Gasteiger partial charge in [-0.2, -0.15) is 0 Å². The molecule has 0 radical (unpaired) electrons. The molecule has 0 saturated heterocycles. The Hall–Kier alpha value is -0.370. The van der Waals surface area contributed by atoms with Crippen molar-refractivity contribution < 1.29 is 4.74 Å². The van der Waals surface area contributed by atoms with Crippen molar-refractivity contribution in [2.75, 3.05) is 13.2 Å². The van der Waals surface area contributed by atoms with Crippen LogP contribution < -0.4 is 0 Å². The summed E-state index contributed by atoms with van der Waals surface area (Å²) in [6, 6.07) is 0. The molecular weight excluding hydrogens is 174 g/mol. The number of ether oxygens (including phenoxy) is 1. The highest BCUT2D eigenvalue weighted by molar-refractivity contribution is 5.59. The van der Waals surface area contributed by atoms with Crippen molar-refractivity contribution in [2.45, 2.75) is 53.5 Å². The summed E-state index contributed by atoms with van der Waals surface area (Å²) in [6.07, 6.45) is 2.96. The zero-order valence-corrected chi connectivity index (χ0v) is 10.6. The average Bonchev–Trinajstić information content (AvgIpc) is 1.92. The molecule has 0 aliphatic heterocycles. The highest BCUT2D eigenvalue weighted by Gasteiger charge is 2.09. The van der Waals surface area contributed by atoms with E-state index in [1.165, 1.54) is 0 Å². The molecule has 14 heavy (non-hydrogen) atoms. The van der Waals surface area contributed by atoms with Crippen molar-refractivity contribution in [3.05, 3.63) is 0 Å². The third-order valence-corrected chi connectivity index (χ3v) is 1.67. The number of hydrogen-bond donors (Lipinski definition) is 0. The number of hydrogen-bond acceptors (Lipinski definition) is 2. The van der Waals surface area contributed by atoms with Crippen LogP contribution in [-0.4, -0.2) is 25.0 Å². The van der Waals surface area contributed by atoms with Crippen LogP contribution in [0.2, 0.25) is 0 Å². The molecule has 0 bridgehead atoms. The molecule has 84 valence electrons. The molecular formula is C12H25NO. The van der Waals surface area contributed by atoms with Crippen LogP contribution >= 0.6 is 0 Å². The Morgan fingerprint density at radius 1 is 1.07 bits per heavy atom. The minimum Gasteiger partial charge on any atom is -0.376 e. The van der Waals surface area contributed by atoms with E-state index >= 15 is 0 Å². The molecule has 2 nitrogen and oxygen atoms in total. The van der Waals surface area contributed by atoms with Gasteiger partial charge in [0.15, 0.2) is 0 Å². The molecule has 0 aliphatic carbocycles. The lowest BCUT2D eigenvalue weighted by Crippen LogP contribution is -2.13. The van der Waals surface area contributed by atoms with Gasteiger partial charge in [0, 0.05) is 12.8 Å². The van der Waals surface area contributed by atoms with Gasteiger partial charge in [-0.1, -0.05) is 20.8 Å². The minimum absolute atomic E-state index is 0.0212. The molecule has 0 spiro atoms. The third-order valence-electron chi connectivity index (χ3n) is 1.67. The molecule has 0 heterocycles. The number of rotatable bonds is 4. The Morgan fingerprint density at radius 3 is 2.07 bits per heavy atom. The van der Waals surface area contributed by atoms with Gasteiger partial charge in [-0.05, 0) is 32.6 Å². The summed E-state index contributed by atoms with van der Waals surface area (Å²) in [5.41, 5.74) is 0.383. The first-order valence-electron chi connectivity index (χ1n) is 5.32. The van der Waals surface area contributed by atoms with E-state index in [0.717, 1.165) is 13.0 Å². The summed E-state index contributed by atoms with van der Waals surface area (Å²) in [5, 5.41) is 0. The minimum atomic E-state index is 0.0212. The van der Waals surface area contributed by atoms with Crippen LogP contribution in [0.4, 0.5) is 0 Å². The fraction of sp³-hybridized carbons (Fsp3) is 0.917. The largest absolute Gasteiger partial charge is 0.376 e. The lowest BCUT2D eigenvalue weighted by Gasteiger charge is -2.17. The molecule has 0 unspecified atom stereocenters. The molecule has 2 heteroatoms. The Morgan fingerprint density at radius 2 is 1.64 bits per heavy atom. The van der Waals surface area contributed by atoms with Crippen LogP contribution in [0.3, 0.4) is 0 Å². The lowest BCUT2D eigenvalue weighted by atomic mass is 9.93. The standard InChI is InChI=1S/C12H25NO/c1-11(2,3)7-9-14-10-8-13-12(4,5)6/h8H,7,9-10H2,1-6H3. The van der Waals surface area contributed by atoms with Gasteiger partial charge in [-0.3, -0.25) is 4.99 Å². The van der Waals surface area contributed by atoms with E-state index in [2.05, 4.69) is 46.5 Å². The molecule has 0 rings (SSSR count). The van der Waals surface area contributed by atoms with Crippen LogP contribution in [0, 0.1) is 5.41 Å². The summed E-state index contributed by atoms with van der Waals surface area (Å²) < 4.78 is 5.46. The second-order valence-electron chi connectivity index (χ2n) is 5.87. The van der Waals surface area contributed by atoms with E-state index in [0.29, 0.717) is 12.0 Å². The van der Waals surface area contributed by atoms with Crippen molar-refractivity contribution in [3.8, 4) is 0 Å². The van der Waals surface area contributed by atoms with Crippen LogP contribution in [0.15, 0.2) is 4.99 Å². The number of nitrogens with zero attached hydrogens (tertiary/aromatic N) is 1. The molecule has 0 fully saturated rings. The van der Waals surface area contributed by atoms with E-state index in [1.807, 2.05) is 6.21 Å². The van der Waals surface area contributed by atoms with Crippen LogP contribution in [0.1, 0.15) is 48.0 Å². The van der Waals surface area contributed by atoms with Gasteiger partial charge in [0.2, 0.25) is 0 Å². The number of aliphatic imine (C=N–C) groups is 1. The molecule has 0 aromatic heterocycles. The fourth-order valence-corrected chi connectivity index (χ4v) is 0.826. The van der Waals surface area contributed by atoms with Crippen LogP contribution in [0.5, 0.6) is 0 Å². The lowest BCUT2D eigenvalue weighted by molar-refractivity contribution is 0.140. The second kappa shape index (κ2) is 5.50. The van der Waals surface area contributed by atoms with E-state index in [1.54, 1.807) is 0 Å². The molecule has 0 aromatic rings. The maximum absolute atomic E-state index is 5.46. The highest BCUT2D eigenvalue weighted by Crippen LogP contribution is 2.17. The fourth-order valence-electron chi connectivity index (χ4n) is 0.826. The normalized spacial score (nSPS) is 13.9. The van der Waals surface area contributed by atoms with Crippen LogP contribution in [-0.2, 0) is 4.74 Å². The Labute approximate surface area is 88.8 Å². The van der Waals surface area contributed by atoms with Gasteiger partial charge in [-0.15, -0.1) is 0 Å². The Balaban J connectivity index is 3.44. The molecule has 0 aromatic carbocycles. The van der Waals surface area contributed by atoms with Gasteiger partial charge in [0.05, 0.1) is 12.1 Å². The van der Waals surface area contributed by atoms with Gasteiger partial charge in [0.25, 0.3) is 0 Å². The molecule has 0 atom stereocenters. The summed E-state index contributed by atoms with van der Waals surface area (Å²) in [6.45, 7) is 14.4. The summed E-state index contributed by atoms with van der Waals surface area (Å²) in [5.74, 6) is 0. The first-order chi connectivity index (χ1) is 6.21. The van der Waals surface area contributed by atoms with Gasteiger partial charge in [0.1, 0.15) is 0 Å². The van der Waals surface area contributed by atoms with Crippen LogP contribution in [0.25, 0.3) is 0 Å². The maximum Gasteiger partial charge on any atom is 0.0814 e. The van der Waals surface area contributed by atoms with Crippen molar-refractivity contribution >= 4 is 6.21 Å². The third kappa shape index (κ3) is 11.6. The Bertz CT molecular complexity index is 172. The van der Waals surface area contributed by atoms with E-state index in [-0.39, 0.29) is 5.54 Å². The van der Waals surface area contributed by atoms with Gasteiger partial charge in [-0.25, -0.2) is 0 Å². The first kappa shape index (κ1) is 13.6.